The number of rotatable bonds is 9. The third-order valence-electron chi connectivity index (χ3n) is 11.8. The van der Waals surface area contributed by atoms with Crippen LogP contribution in [-0.2, 0) is 9.53 Å². The quantitative estimate of drug-likeness (QED) is 0.153. The number of piperidine rings is 1. The van der Waals surface area contributed by atoms with Crippen LogP contribution in [0.4, 0.5) is 14.6 Å². The zero-order valence-electron chi connectivity index (χ0n) is 30.8. The number of fused-ring (bicyclic) bond motifs is 3. The Morgan fingerprint density at radius 3 is 2.72 bits per heavy atom. The van der Waals surface area contributed by atoms with E-state index in [4.69, 9.17) is 35.8 Å². The number of likely N-dealkylation sites (tertiary alicyclic amines) is 2. The van der Waals surface area contributed by atoms with Crippen molar-refractivity contribution in [1.29, 1.82) is 0 Å². The predicted octanol–water partition coefficient (Wildman–Crippen LogP) is 6.09. The van der Waals surface area contributed by atoms with Gasteiger partial charge in [0.25, 0.3) is 6.47 Å². The summed E-state index contributed by atoms with van der Waals surface area (Å²) in [5, 5.41) is 18.7. The Morgan fingerprint density at radius 2 is 1.93 bits per heavy atom. The second kappa shape index (κ2) is 16.4. The third kappa shape index (κ3) is 7.39. The van der Waals surface area contributed by atoms with Gasteiger partial charge in [0.2, 0.25) is 0 Å². The molecule has 54 heavy (non-hydrogen) atoms. The van der Waals surface area contributed by atoms with Gasteiger partial charge in [0, 0.05) is 61.4 Å². The monoisotopic (exact) mass is 742 g/mol. The Hall–Kier alpha value is -4.64. The molecule has 4 fully saturated rings. The molecule has 13 heteroatoms. The molecule has 2 N–H and O–H groups in total. The van der Waals surface area contributed by atoms with Crippen molar-refractivity contribution >= 4 is 34.0 Å². The predicted molar refractivity (Wildman–Crippen MR) is 203 cm³/mol. The fourth-order valence-electron chi connectivity index (χ4n) is 9.18. The summed E-state index contributed by atoms with van der Waals surface area (Å²) in [7, 11) is 0. The number of carbonyl (C=O) groups is 1. The fraction of sp³-hybridized carbons (Fsp3) is 0.512. The number of anilines is 1. The summed E-state index contributed by atoms with van der Waals surface area (Å²) < 4.78 is 44.2. The van der Waals surface area contributed by atoms with Crippen molar-refractivity contribution < 1.29 is 33.3 Å². The van der Waals surface area contributed by atoms with Gasteiger partial charge in [0.05, 0.1) is 24.2 Å². The topological polar surface area (TPSA) is 124 Å². The van der Waals surface area contributed by atoms with Crippen LogP contribution in [0.15, 0.2) is 30.5 Å². The van der Waals surface area contributed by atoms with Crippen LogP contribution < -0.4 is 9.64 Å². The van der Waals surface area contributed by atoms with E-state index >= 15 is 4.39 Å². The molecule has 0 bridgehead atoms. The van der Waals surface area contributed by atoms with Crippen molar-refractivity contribution in [2.45, 2.75) is 57.9 Å². The van der Waals surface area contributed by atoms with E-state index in [0.29, 0.717) is 60.9 Å². The molecule has 3 aliphatic heterocycles. The zero-order chi connectivity index (χ0) is 37.8. The van der Waals surface area contributed by atoms with Crippen molar-refractivity contribution in [2.75, 3.05) is 70.5 Å². The largest absolute Gasteiger partial charge is 0.508 e. The molecule has 2 unspecified atom stereocenters. The number of hydrogen-bond donors (Lipinski definition) is 2. The minimum absolute atomic E-state index is 0.000366. The Morgan fingerprint density at radius 1 is 1.11 bits per heavy atom. The maximum Gasteiger partial charge on any atom is 0.319 e. The molecule has 2 atom stereocenters. The van der Waals surface area contributed by atoms with Gasteiger partial charge in [0.15, 0.2) is 5.82 Å². The van der Waals surface area contributed by atoms with Gasteiger partial charge in [-0.2, -0.15) is 9.97 Å². The van der Waals surface area contributed by atoms with Gasteiger partial charge in [-0.1, -0.05) is 25.3 Å². The number of pyridine rings is 1. The highest BCUT2D eigenvalue weighted by Gasteiger charge is 2.48. The maximum atomic E-state index is 17.0. The molecule has 0 amide bonds. The minimum Gasteiger partial charge on any atom is -0.508 e. The molecule has 1 aliphatic carbocycles. The molecule has 2 aromatic heterocycles. The fourth-order valence-corrected chi connectivity index (χ4v) is 9.18. The van der Waals surface area contributed by atoms with E-state index in [-0.39, 0.29) is 46.0 Å². The van der Waals surface area contributed by atoms with Crippen LogP contribution in [0.1, 0.15) is 57.4 Å². The van der Waals surface area contributed by atoms with Gasteiger partial charge in [-0.15, -0.1) is 6.42 Å². The lowest BCUT2D eigenvalue weighted by Gasteiger charge is -2.47. The number of hydrogen-bond acceptors (Lipinski definition) is 10. The molecule has 2 aromatic carbocycles. The molecule has 4 aromatic rings. The number of halogens is 2. The number of benzene rings is 2. The molecule has 11 nitrogen and oxygen atoms in total. The number of phenols is 1. The van der Waals surface area contributed by atoms with Crippen LogP contribution in [0, 0.1) is 35.3 Å². The summed E-state index contributed by atoms with van der Waals surface area (Å²) in [6, 6.07) is 6.17. The van der Waals surface area contributed by atoms with E-state index in [1.54, 1.807) is 6.20 Å². The summed E-state index contributed by atoms with van der Waals surface area (Å²) in [5.74, 6) is 2.29. The van der Waals surface area contributed by atoms with E-state index in [2.05, 4.69) is 32.5 Å². The highest BCUT2D eigenvalue weighted by molar-refractivity contribution is 6.03. The number of aromatic hydroxyl groups is 1. The summed E-state index contributed by atoms with van der Waals surface area (Å²) in [4.78, 5) is 29.8. The molecular weight excluding hydrogens is 694 g/mol. The number of terminal acetylenes is 1. The Bertz CT molecular complexity index is 2030. The highest BCUT2D eigenvalue weighted by atomic mass is 19.1. The van der Waals surface area contributed by atoms with E-state index < -0.39 is 11.6 Å². The van der Waals surface area contributed by atoms with E-state index in [9.17, 15) is 9.50 Å². The number of ether oxygens (including phenoxy) is 2. The molecule has 0 spiro atoms. The molecule has 5 heterocycles. The Balaban J connectivity index is 0.00000145. The smallest absolute Gasteiger partial charge is 0.319 e. The minimum atomic E-state index is -0.718. The molecular formula is C41H48F2N6O5. The van der Waals surface area contributed by atoms with E-state index in [1.165, 1.54) is 43.8 Å². The molecule has 4 aliphatic rings. The average molecular weight is 743 g/mol. The molecule has 0 radical (unpaired) electrons. The summed E-state index contributed by atoms with van der Waals surface area (Å²) in [6.45, 7) is 10.7. The normalized spacial score (nSPS) is 22.2. The first-order valence-electron chi connectivity index (χ1n) is 19.1. The van der Waals surface area contributed by atoms with Crippen LogP contribution in [0.25, 0.3) is 32.9 Å². The second-order valence-electron chi connectivity index (χ2n) is 14.9. The number of aromatic nitrogens is 3. The first-order chi connectivity index (χ1) is 26.3. The van der Waals surface area contributed by atoms with Crippen molar-refractivity contribution in [3.63, 3.8) is 0 Å². The van der Waals surface area contributed by atoms with Gasteiger partial charge in [0.1, 0.15) is 28.6 Å². The van der Waals surface area contributed by atoms with Crippen molar-refractivity contribution in [1.82, 2.24) is 24.8 Å². The van der Waals surface area contributed by atoms with Crippen LogP contribution in [0.3, 0.4) is 0 Å². The van der Waals surface area contributed by atoms with Crippen molar-refractivity contribution in [3.05, 3.63) is 47.7 Å². The van der Waals surface area contributed by atoms with Gasteiger partial charge in [-0.3, -0.25) is 14.7 Å². The Labute approximate surface area is 314 Å². The van der Waals surface area contributed by atoms with Gasteiger partial charge < -0.3 is 29.5 Å². The van der Waals surface area contributed by atoms with Gasteiger partial charge >= 0.3 is 6.01 Å². The summed E-state index contributed by atoms with van der Waals surface area (Å²) in [6.07, 6.45) is 14.9. The van der Waals surface area contributed by atoms with Crippen LogP contribution >= 0.6 is 0 Å². The van der Waals surface area contributed by atoms with Crippen molar-refractivity contribution in [3.8, 4) is 35.4 Å². The Kier molecular flexibility index (Phi) is 11.4. The lowest BCUT2D eigenvalue weighted by Crippen LogP contribution is -2.53. The molecule has 286 valence electrons. The standard InChI is InChI=1S/C40H46F2N6O3.CH2O2/c1-3-29-32(41)10-9-27-20-28(49)21-30(34(27)29)36-35(42)37-31(22-43-36)38(48-15-7-18-50-19-17-48)45-39(44-37)51-25-40-12-5-8-33(40)47(14-6-13-40)16-11-26-23-46(4-2)24-26;2-1-3/h1,9-10,20-22,26,33,49H,4-8,11-19,23-25H2,2H3;1H,(H,2,3). The average Bonchev–Trinajstić information content (AvgIpc) is 3.41. The first kappa shape index (κ1) is 37.7. The first-order valence-corrected chi connectivity index (χ1v) is 19.1. The summed E-state index contributed by atoms with van der Waals surface area (Å²) >= 11 is 0. The number of nitrogens with zero attached hydrogens (tertiary/aromatic N) is 6. The third-order valence-corrected chi connectivity index (χ3v) is 11.8. The molecule has 3 saturated heterocycles. The van der Waals surface area contributed by atoms with Crippen molar-refractivity contribution in [2.24, 2.45) is 11.3 Å². The number of phenolic OH excluding ortho intramolecular Hbond substituents is 1. The van der Waals surface area contributed by atoms with Crippen LogP contribution in [-0.4, -0.2) is 113 Å². The van der Waals surface area contributed by atoms with Crippen LogP contribution in [0.5, 0.6) is 11.8 Å². The van der Waals surface area contributed by atoms with E-state index in [0.717, 1.165) is 64.1 Å². The number of carboxylic acid groups (broad SMARTS) is 1. The van der Waals surface area contributed by atoms with Gasteiger partial charge in [-0.05, 0) is 87.7 Å². The maximum absolute atomic E-state index is 17.0. The highest BCUT2D eigenvalue weighted by Crippen LogP contribution is 2.48. The van der Waals surface area contributed by atoms with Crippen LogP contribution in [0.2, 0.25) is 0 Å². The lowest BCUT2D eigenvalue weighted by atomic mass is 9.75. The lowest BCUT2D eigenvalue weighted by molar-refractivity contribution is -0.122. The molecule has 8 rings (SSSR count). The zero-order valence-corrected chi connectivity index (χ0v) is 30.8. The second-order valence-corrected chi connectivity index (χ2v) is 14.9. The molecule has 1 saturated carbocycles. The summed E-state index contributed by atoms with van der Waals surface area (Å²) in [5.41, 5.74) is 0.115. The SMILES string of the molecule is C#Cc1c(F)ccc2cc(O)cc(-c3ncc4c(N5CCCOCC5)nc(OCC56CCCC5N(CCC5CN(CC)C5)CCC6)nc4c3F)c12.O=CO. The van der Waals surface area contributed by atoms with E-state index in [1.807, 2.05) is 0 Å². The van der Waals surface area contributed by atoms with Gasteiger partial charge in [-0.25, -0.2) is 8.78 Å².